The van der Waals surface area contributed by atoms with Gasteiger partial charge in [-0.05, 0) is 38.5 Å². The lowest BCUT2D eigenvalue weighted by Gasteiger charge is -2.40. The topological polar surface area (TPSA) is 149 Å². The first-order valence-corrected chi connectivity index (χ1v) is 36.4. The number of allylic oxidation sites excluding steroid dienone is 2. The largest absolute Gasteiger partial charge is 0.394 e. The number of carbonyl (C=O) groups excluding carboxylic acids is 1. The molecule has 9 heteroatoms. The van der Waals surface area contributed by atoms with Gasteiger partial charge < -0.3 is 40.3 Å². The summed E-state index contributed by atoms with van der Waals surface area (Å²) in [7, 11) is 0. The molecule has 1 aliphatic rings. The highest BCUT2D eigenvalue weighted by atomic mass is 16.7. The number of unbranched alkanes of at least 4 members (excludes halogenated alkanes) is 53. The monoisotopic (exact) mass is 1150 g/mol. The highest BCUT2D eigenvalue weighted by molar-refractivity contribution is 5.76. The normalized spacial score (nSPS) is 18.3. The van der Waals surface area contributed by atoms with Crippen LogP contribution >= 0.6 is 0 Å². The maximum Gasteiger partial charge on any atom is 0.220 e. The lowest BCUT2D eigenvalue weighted by atomic mass is 9.99. The molecule has 9 nitrogen and oxygen atoms in total. The predicted octanol–water partition coefficient (Wildman–Crippen LogP) is 19.9. The van der Waals surface area contributed by atoms with E-state index >= 15 is 0 Å². The molecular weight excluding hydrogens is 1010 g/mol. The molecule has 1 heterocycles. The molecule has 7 unspecified atom stereocenters. The van der Waals surface area contributed by atoms with Crippen molar-refractivity contribution in [3.63, 3.8) is 0 Å². The molecule has 1 fully saturated rings. The Kier molecular flexibility index (Phi) is 59.7. The minimum Gasteiger partial charge on any atom is -0.394 e. The lowest BCUT2D eigenvalue weighted by molar-refractivity contribution is -0.302. The third-order valence-corrected chi connectivity index (χ3v) is 17.9. The SMILES string of the molecule is CCCCCCCCCC/C=C\CCCCCCCCCCCCCCCCCCCCCCCCCCCCCCCC(=O)NC(COC1OC(CO)C(O)C(O)C1O)C(O)CCCCCCCCCCCCCCCCCCC. The Bertz CT molecular complexity index is 1280. The molecule has 0 aromatic heterocycles. The average Bonchev–Trinajstić information content (AvgIpc) is 3.49. The molecule has 0 bridgehead atoms. The van der Waals surface area contributed by atoms with E-state index < -0.39 is 49.5 Å². The van der Waals surface area contributed by atoms with Crippen LogP contribution in [0.25, 0.3) is 0 Å². The number of carbonyl (C=O) groups is 1. The van der Waals surface area contributed by atoms with Crippen molar-refractivity contribution >= 4 is 5.91 Å². The highest BCUT2D eigenvalue weighted by Gasteiger charge is 2.44. The van der Waals surface area contributed by atoms with Crippen LogP contribution in [0.1, 0.15) is 386 Å². The van der Waals surface area contributed by atoms with Gasteiger partial charge in [0.05, 0.1) is 25.4 Å². The molecule has 0 spiro atoms. The van der Waals surface area contributed by atoms with Gasteiger partial charge in [-0.3, -0.25) is 4.79 Å². The fourth-order valence-electron chi connectivity index (χ4n) is 12.2. The van der Waals surface area contributed by atoms with E-state index in [1.165, 1.54) is 321 Å². The van der Waals surface area contributed by atoms with Crippen molar-refractivity contribution in [1.82, 2.24) is 5.32 Å². The Morgan fingerprint density at radius 1 is 0.407 bits per heavy atom. The summed E-state index contributed by atoms with van der Waals surface area (Å²) in [6.07, 6.45) is 73.1. The summed E-state index contributed by atoms with van der Waals surface area (Å²) in [5.41, 5.74) is 0. The summed E-state index contributed by atoms with van der Waals surface area (Å²) in [5, 5.41) is 54.8. The quantitative estimate of drug-likeness (QED) is 0.0261. The Morgan fingerprint density at radius 2 is 0.691 bits per heavy atom. The summed E-state index contributed by atoms with van der Waals surface area (Å²) in [6.45, 7) is 3.89. The molecule has 7 atom stereocenters. The van der Waals surface area contributed by atoms with Crippen molar-refractivity contribution in [2.24, 2.45) is 0 Å². The molecule has 0 aromatic carbocycles. The van der Waals surface area contributed by atoms with Crippen LogP contribution in [0.2, 0.25) is 0 Å². The Labute approximate surface area is 503 Å². The number of amides is 1. The lowest BCUT2D eigenvalue weighted by Crippen LogP contribution is -2.60. The highest BCUT2D eigenvalue weighted by Crippen LogP contribution is 2.24. The predicted molar refractivity (Wildman–Crippen MR) is 346 cm³/mol. The van der Waals surface area contributed by atoms with E-state index in [2.05, 4.69) is 31.3 Å². The molecular formula is C72H141NO8. The second-order valence-corrected chi connectivity index (χ2v) is 25.7. The fraction of sp³-hybridized carbons (Fsp3) is 0.958. The van der Waals surface area contributed by atoms with E-state index in [0.717, 1.165) is 38.5 Å². The zero-order valence-electron chi connectivity index (χ0n) is 54.1. The summed E-state index contributed by atoms with van der Waals surface area (Å²) in [6, 6.07) is -0.715. The van der Waals surface area contributed by atoms with Gasteiger partial charge in [0.25, 0.3) is 0 Å². The molecule has 0 aromatic rings. The number of ether oxygens (including phenoxy) is 2. The number of hydrogen-bond acceptors (Lipinski definition) is 8. The van der Waals surface area contributed by atoms with Gasteiger partial charge in [0.1, 0.15) is 24.4 Å². The van der Waals surface area contributed by atoms with Crippen molar-refractivity contribution < 1.29 is 39.8 Å². The molecule has 6 N–H and O–H groups in total. The molecule has 0 saturated carbocycles. The smallest absolute Gasteiger partial charge is 0.220 e. The van der Waals surface area contributed by atoms with E-state index in [4.69, 9.17) is 9.47 Å². The number of hydrogen-bond donors (Lipinski definition) is 6. The summed E-state index contributed by atoms with van der Waals surface area (Å²) in [4.78, 5) is 13.1. The van der Waals surface area contributed by atoms with Crippen LogP contribution in [-0.4, -0.2) is 87.5 Å². The fourth-order valence-corrected chi connectivity index (χ4v) is 12.2. The Balaban J connectivity index is 1.99. The van der Waals surface area contributed by atoms with Crippen molar-refractivity contribution in [3.05, 3.63) is 12.2 Å². The van der Waals surface area contributed by atoms with E-state index in [9.17, 15) is 30.3 Å². The maximum absolute atomic E-state index is 13.1. The molecule has 0 radical (unpaired) electrons. The van der Waals surface area contributed by atoms with E-state index in [1.54, 1.807) is 0 Å². The zero-order valence-corrected chi connectivity index (χ0v) is 54.1. The second-order valence-electron chi connectivity index (χ2n) is 25.7. The minimum absolute atomic E-state index is 0.131. The zero-order chi connectivity index (χ0) is 58.6. The van der Waals surface area contributed by atoms with E-state index in [1.807, 2.05) is 0 Å². The number of aliphatic hydroxyl groups is 5. The van der Waals surface area contributed by atoms with Crippen molar-refractivity contribution in [1.29, 1.82) is 0 Å². The van der Waals surface area contributed by atoms with Gasteiger partial charge >= 0.3 is 0 Å². The maximum atomic E-state index is 13.1. The number of aliphatic hydroxyl groups excluding tert-OH is 5. The van der Waals surface area contributed by atoms with Gasteiger partial charge in [0, 0.05) is 6.42 Å². The number of rotatable bonds is 65. The van der Waals surface area contributed by atoms with Crippen LogP contribution in [0.5, 0.6) is 0 Å². The van der Waals surface area contributed by atoms with Crippen LogP contribution < -0.4 is 5.32 Å². The molecule has 1 rings (SSSR count). The first-order chi connectivity index (χ1) is 39.8. The van der Waals surface area contributed by atoms with Crippen molar-refractivity contribution in [2.45, 2.75) is 429 Å². The van der Waals surface area contributed by atoms with Gasteiger partial charge in [-0.25, -0.2) is 0 Å². The first kappa shape index (κ1) is 77.9. The third kappa shape index (κ3) is 50.8. The van der Waals surface area contributed by atoms with E-state index in [-0.39, 0.29) is 12.5 Å². The van der Waals surface area contributed by atoms with Gasteiger partial charge in [0.15, 0.2) is 6.29 Å². The van der Waals surface area contributed by atoms with E-state index in [0.29, 0.717) is 12.8 Å². The van der Waals surface area contributed by atoms with Crippen LogP contribution in [0.4, 0.5) is 0 Å². The van der Waals surface area contributed by atoms with Gasteiger partial charge in [-0.15, -0.1) is 0 Å². The minimum atomic E-state index is -1.55. The molecule has 482 valence electrons. The Morgan fingerprint density at radius 3 is 1.00 bits per heavy atom. The van der Waals surface area contributed by atoms with Crippen LogP contribution in [0, 0.1) is 0 Å². The Hall–Kier alpha value is -1.07. The average molecular weight is 1150 g/mol. The van der Waals surface area contributed by atoms with Crippen LogP contribution in [0.15, 0.2) is 12.2 Å². The van der Waals surface area contributed by atoms with Crippen LogP contribution in [0.3, 0.4) is 0 Å². The van der Waals surface area contributed by atoms with Gasteiger partial charge in [-0.1, -0.05) is 353 Å². The first-order valence-electron chi connectivity index (χ1n) is 36.4. The summed E-state index contributed by atoms with van der Waals surface area (Å²) >= 11 is 0. The molecule has 0 aliphatic carbocycles. The van der Waals surface area contributed by atoms with Crippen LogP contribution in [-0.2, 0) is 14.3 Å². The second kappa shape index (κ2) is 62.0. The van der Waals surface area contributed by atoms with Gasteiger partial charge in [-0.2, -0.15) is 0 Å². The number of nitrogens with one attached hydrogen (secondary N) is 1. The third-order valence-electron chi connectivity index (χ3n) is 17.9. The summed E-state index contributed by atoms with van der Waals surface area (Å²) in [5.74, 6) is -0.135. The van der Waals surface area contributed by atoms with Crippen molar-refractivity contribution in [2.75, 3.05) is 13.2 Å². The van der Waals surface area contributed by atoms with Gasteiger partial charge in [0.2, 0.25) is 5.91 Å². The van der Waals surface area contributed by atoms with Crippen molar-refractivity contribution in [3.8, 4) is 0 Å². The molecule has 1 aliphatic heterocycles. The summed E-state index contributed by atoms with van der Waals surface area (Å²) < 4.78 is 11.4. The molecule has 1 saturated heterocycles. The standard InChI is InChI=1S/C72H141NO8/c1-3-5-7-9-11-13-15-17-19-21-22-23-24-25-26-27-28-29-30-31-32-33-34-35-36-37-38-39-40-41-42-43-44-46-48-50-52-54-56-58-60-62-68(76)73-65(64-80-72-71(79)70(78)69(77)67(63-74)81-72)66(75)61-59-57-55-53-51-49-47-45-20-18-16-14-12-10-8-6-4-2/h21-22,65-67,69-72,74-75,77-79H,3-20,23-64H2,1-2H3,(H,73,76)/b22-21-. The molecule has 1 amide bonds. The molecule has 81 heavy (non-hydrogen) atoms.